The second kappa shape index (κ2) is 7.86. The van der Waals surface area contributed by atoms with E-state index in [4.69, 9.17) is 0 Å². The fourth-order valence-corrected chi connectivity index (χ4v) is 3.15. The molecule has 3 N–H and O–H groups in total. The molecule has 0 aliphatic heterocycles. The van der Waals surface area contributed by atoms with Crippen LogP contribution in [0, 0.1) is 18.8 Å². The molecular formula is C17H25N3O4S. The van der Waals surface area contributed by atoms with Gasteiger partial charge in [0.2, 0.25) is 21.8 Å². The Balaban J connectivity index is 1.82. The molecule has 2 rings (SSSR count). The molecule has 1 saturated carbocycles. The Bertz CT molecular complexity index is 761. The third kappa shape index (κ3) is 5.74. The highest BCUT2D eigenvalue weighted by Gasteiger charge is 2.38. The Kier molecular flexibility index (Phi) is 6.05. The van der Waals surface area contributed by atoms with Gasteiger partial charge < -0.3 is 10.6 Å². The zero-order chi connectivity index (χ0) is 18.6. The van der Waals surface area contributed by atoms with Gasteiger partial charge in [0.05, 0.1) is 11.4 Å². The lowest BCUT2D eigenvalue weighted by Gasteiger charge is -2.12. The van der Waals surface area contributed by atoms with Gasteiger partial charge in [-0.2, -0.15) is 0 Å². The molecule has 2 unspecified atom stereocenters. The van der Waals surface area contributed by atoms with Gasteiger partial charge in [-0.25, -0.2) is 8.42 Å². The van der Waals surface area contributed by atoms with E-state index in [1.165, 1.54) is 0 Å². The first-order valence-electron chi connectivity index (χ1n) is 8.40. The second-order valence-corrected chi connectivity index (χ2v) is 8.45. The van der Waals surface area contributed by atoms with E-state index in [1.807, 2.05) is 6.92 Å². The normalized spacial score (nSPS) is 19.2. The van der Waals surface area contributed by atoms with Gasteiger partial charge in [0.1, 0.15) is 0 Å². The van der Waals surface area contributed by atoms with Gasteiger partial charge in [-0.1, -0.05) is 6.92 Å². The summed E-state index contributed by atoms with van der Waals surface area (Å²) in [6.45, 7) is 5.67. The molecule has 0 spiro atoms. The van der Waals surface area contributed by atoms with Crippen molar-refractivity contribution in [3.63, 3.8) is 0 Å². The van der Waals surface area contributed by atoms with Crippen LogP contribution in [0.5, 0.6) is 0 Å². The molecule has 1 fully saturated rings. The zero-order valence-corrected chi connectivity index (χ0v) is 15.6. The molecule has 0 aromatic heterocycles. The molecule has 0 bridgehead atoms. The van der Waals surface area contributed by atoms with Crippen molar-refractivity contribution in [3.8, 4) is 0 Å². The number of benzene rings is 1. The molecular weight excluding hydrogens is 342 g/mol. The van der Waals surface area contributed by atoms with Crippen LogP contribution in [0.2, 0.25) is 0 Å². The average molecular weight is 367 g/mol. The van der Waals surface area contributed by atoms with Crippen LogP contribution >= 0.6 is 0 Å². The lowest BCUT2D eigenvalue weighted by atomic mass is 10.2. The number of hydrogen-bond acceptors (Lipinski definition) is 4. The molecule has 2 amide bonds. The molecule has 0 saturated heterocycles. The highest BCUT2D eigenvalue weighted by atomic mass is 32.2. The van der Waals surface area contributed by atoms with Crippen LogP contribution in [-0.2, 0) is 19.6 Å². The van der Waals surface area contributed by atoms with Crippen LogP contribution in [-0.4, -0.2) is 32.5 Å². The molecule has 0 heterocycles. The van der Waals surface area contributed by atoms with Gasteiger partial charge in [0, 0.05) is 24.6 Å². The monoisotopic (exact) mass is 367 g/mol. The summed E-state index contributed by atoms with van der Waals surface area (Å²) in [5, 5.41) is 5.51. The van der Waals surface area contributed by atoms with Crippen molar-refractivity contribution in [1.82, 2.24) is 5.32 Å². The van der Waals surface area contributed by atoms with E-state index in [9.17, 15) is 18.0 Å². The summed E-state index contributed by atoms with van der Waals surface area (Å²) in [6, 6.07) is 4.97. The van der Waals surface area contributed by atoms with E-state index >= 15 is 0 Å². The standard InChI is InChI=1S/C17H25N3O4S/c1-4-25(23,24)20-15-6-5-13(9-12(15)3)19-16(21)7-8-18-17(22)14-10-11(14)2/h5-6,9,11,14,20H,4,7-8,10H2,1-3H3,(H,18,22)(H,19,21). The van der Waals surface area contributed by atoms with E-state index < -0.39 is 10.0 Å². The molecule has 2 atom stereocenters. The summed E-state index contributed by atoms with van der Waals surface area (Å²) in [4.78, 5) is 23.6. The fourth-order valence-electron chi connectivity index (χ4n) is 2.44. The molecule has 138 valence electrons. The van der Waals surface area contributed by atoms with Gasteiger partial charge in [-0.15, -0.1) is 0 Å². The van der Waals surface area contributed by atoms with Crippen LogP contribution in [0.3, 0.4) is 0 Å². The van der Waals surface area contributed by atoms with E-state index in [1.54, 1.807) is 32.0 Å². The zero-order valence-electron chi connectivity index (χ0n) is 14.8. The minimum Gasteiger partial charge on any atom is -0.355 e. The number of rotatable bonds is 8. The second-order valence-electron chi connectivity index (χ2n) is 6.44. The maximum atomic E-state index is 11.9. The van der Waals surface area contributed by atoms with Gasteiger partial charge in [-0.05, 0) is 49.9 Å². The van der Waals surface area contributed by atoms with E-state index in [2.05, 4.69) is 15.4 Å². The molecule has 1 aliphatic carbocycles. The predicted molar refractivity (Wildman–Crippen MR) is 97.8 cm³/mol. The fraction of sp³-hybridized carbons (Fsp3) is 0.529. The van der Waals surface area contributed by atoms with Crippen molar-refractivity contribution in [2.45, 2.75) is 33.6 Å². The third-order valence-corrected chi connectivity index (χ3v) is 5.54. The quantitative estimate of drug-likeness (QED) is 0.652. The molecule has 1 aliphatic rings. The van der Waals surface area contributed by atoms with Gasteiger partial charge in [0.25, 0.3) is 0 Å². The summed E-state index contributed by atoms with van der Waals surface area (Å²) >= 11 is 0. The first kappa shape index (κ1) is 19.2. The maximum absolute atomic E-state index is 11.9. The minimum atomic E-state index is -3.33. The molecule has 8 heteroatoms. The molecule has 7 nitrogen and oxygen atoms in total. The summed E-state index contributed by atoms with van der Waals surface area (Å²) < 4.78 is 25.7. The number of aryl methyl sites for hydroxylation is 1. The Hall–Kier alpha value is -2.09. The van der Waals surface area contributed by atoms with Crippen LogP contribution in [0.1, 0.15) is 32.3 Å². The Morgan fingerprint density at radius 2 is 1.96 bits per heavy atom. The van der Waals surface area contributed by atoms with E-state index in [0.29, 0.717) is 29.4 Å². The number of sulfonamides is 1. The first-order chi connectivity index (χ1) is 11.7. The third-order valence-electron chi connectivity index (χ3n) is 4.25. The Labute approximate surface area is 148 Å². The number of carbonyl (C=O) groups excluding carboxylic acids is 2. The van der Waals surface area contributed by atoms with Crippen molar-refractivity contribution in [2.24, 2.45) is 11.8 Å². The van der Waals surface area contributed by atoms with Gasteiger partial charge >= 0.3 is 0 Å². The van der Waals surface area contributed by atoms with Crippen LogP contribution in [0.4, 0.5) is 11.4 Å². The number of carbonyl (C=O) groups is 2. The van der Waals surface area contributed by atoms with Gasteiger partial charge in [-0.3, -0.25) is 14.3 Å². The minimum absolute atomic E-state index is 0.00369. The van der Waals surface area contributed by atoms with Gasteiger partial charge in [0.15, 0.2) is 0 Å². The highest BCUT2D eigenvalue weighted by molar-refractivity contribution is 7.92. The van der Waals surface area contributed by atoms with Crippen molar-refractivity contribution >= 4 is 33.2 Å². The molecule has 1 aromatic rings. The number of nitrogens with one attached hydrogen (secondary N) is 3. The maximum Gasteiger partial charge on any atom is 0.232 e. The van der Waals surface area contributed by atoms with E-state index in [-0.39, 0.29) is 29.9 Å². The lowest BCUT2D eigenvalue weighted by molar-refractivity contribution is -0.122. The topological polar surface area (TPSA) is 104 Å². The predicted octanol–water partition coefficient (Wildman–Crippen LogP) is 1.86. The molecule has 25 heavy (non-hydrogen) atoms. The van der Waals surface area contributed by atoms with Crippen LogP contribution in [0.25, 0.3) is 0 Å². The summed E-state index contributed by atoms with van der Waals surface area (Å²) in [5.41, 5.74) is 1.79. The number of amides is 2. The molecule has 1 aromatic carbocycles. The SMILES string of the molecule is CCS(=O)(=O)Nc1ccc(NC(=O)CCNC(=O)C2CC2C)cc1C. The summed E-state index contributed by atoms with van der Waals surface area (Å²) in [5.74, 6) is 0.357. The van der Waals surface area contributed by atoms with Crippen molar-refractivity contribution in [2.75, 3.05) is 22.3 Å². The Morgan fingerprint density at radius 3 is 2.52 bits per heavy atom. The molecule has 0 radical (unpaired) electrons. The largest absolute Gasteiger partial charge is 0.355 e. The van der Waals surface area contributed by atoms with Crippen LogP contribution < -0.4 is 15.4 Å². The summed E-state index contributed by atoms with van der Waals surface area (Å²) in [7, 11) is -3.33. The lowest BCUT2D eigenvalue weighted by Crippen LogP contribution is -2.29. The van der Waals surface area contributed by atoms with Crippen molar-refractivity contribution in [3.05, 3.63) is 23.8 Å². The first-order valence-corrected chi connectivity index (χ1v) is 10.1. The number of anilines is 2. The Morgan fingerprint density at radius 1 is 1.28 bits per heavy atom. The van der Waals surface area contributed by atoms with E-state index in [0.717, 1.165) is 6.42 Å². The van der Waals surface area contributed by atoms with Crippen molar-refractivity contribution in [1.29, 1.82) is 0 Å². The van der Waals surface area contributed by atoms with Crippen molar-refractivity contribution < 1.29 is 18.0 Å². The number of hydrogen-bond donors (Lipinski definition) is 3. The average Bonchev–Trinajstić information content (AvgIpc) is 3.27. The highest BCUT2D eigenvalue weighted by Crippen LogP contribution is 2.37. The smallest absolute Gasteiger partial charge is 0.232 e. The summed E-state index contributed by atoms with van der Waals surface area (Å²) in [6.07, 6.45) is 1.11. The van der Waals surface area contributed by atoms with Crippen LogP contribution in [0.15, 0.2) is 18.2 Å².